The van der Waals surface area contributed by atoms with E-state index < -0.39 is 17.5 Å². The number of hydrogen-bond donors (Lipinski definition) is 2. The molecule has 0 saturated carbocycles. The van der Waals surface area contributed by atoms with Crippen LogP contribution in [0.4, 0.5) is 0 Å². The number of benzene rings is 1. The molecule has 0 aliphatic rings. The van der Waals surface area contributed by atoms with Crippen molar-refractivity contribution in [2.45, 2.75) is 31.8 Å². The van der Waals surface area contributed by atoms with Crippen molar-refractivity contribution in [3.05, 3.63) is 29.8 Å². The Labute approximate surface area is 101 Å². The normalized spacial score (nSPS) is 16.0. The number of aliphatic hydroxyl groups is 1. The van der Waals surface area contributed by atoms with Crippen molar-refractivity contribution in [1.82, 2.24) is 0 Å². The molecule has 0 saturated heterocycles. The lowest BCUT2D eigenvalue weighted by molar-refractivity contribution is -0.161. The predicted octanol–water partition coefficient (Wildman–Crippen LogP) is 2.02. The number of aliphatic carboxylic acids is 1. The average molecular weight is 238 g/mol. The first-order valence-electron chi connectivity index (χ1n) is 5.56. The van der Waals surface area contributed by atoms with Gasteiger partial charge in [0.25, 0.3) is 0 Å². The summed E-state index contributed by atoms with van der Waals surface area (Å²) in [5.41, 5.74) is -1.07. The molecule has 0 spiro atoms. The van der Waals surface area contributed by atoms with Crippen LogP contribution in [0.3, 0.4) is 0 Å². The van der Waals surface area contributed by atoms with Crippen LogP contribution in [0.2, 0.25) is 0 Å². The topological polar surface area (TPSA) is 66.8 Å². The monoisotopic (exact) mass is 238 g/mol. The van der Waals surface area contributed by atoms with Crippen LogP contribution in [-0.4, -0.2) is 28.9 Å². The molecule has 94 valence electrons. The maximum atomic E-state index is 11.2. The van der Waals surface area contributed by atoms with E-state index in [0.717, 1.165) is 0 Å². The summed E-state index contributed by atoms with van der Waals surface area (Å²) in [7, 11) is 1.53. The minimum Gasteiger partial charge on any atom is -0.496 e. The maximum absolute atomic E-state index is 11.2. The van der Waals surface area contributed by atoms with Crippen LogP contribution < -0.4 is 4.74 Å². The molecule has 0 radical (unpaired) electrons. The molecule has 0 aliphatic carbocycles. The van der Waals surface area contributed by atoms with E-state index >= 15 is 0 Å². The number of ether oxygens (including phenoxy) is 1. The lowest BCUT2D eigenvalue weighted by atomic mass is 9.81. The van der Waals surface area contributed by atoms with Gasteiger partial charge in [0, 0.05) is 11.5 Å². The first-order chi connectivity index (χ1) is 7.97. The van der Waals surface area contributed by atoms with Crippen LogP contribution in [0, 0.1) is 0 Å². The SMILES string of the molecule is CCC(O)(C(=O)O)C(C)c1ccccc1OC. The van der Waals surface area contributed by atoms with Crippen LogP contribution in [0.5, 0.6) is 5.75 Å². The van der Waals surface area contributed by atoms with Crippen molar-refractivity contribution in [2.24, 2.45) is 0 Å². The van der Waals surface area contributed by atoms with Crippen molar-refractivity contribution in [2.75, 3.05) is 7.11 Å². The fourth-order valence-electron chi connectivity index (χ4n) is 1.92. The van der Waals surface area contributed by atoms with Crippen molar-refractivity contribution >= 4 is 5.97 Å². The van der Waals surface area contributed by atoms with E-state index in [0.29, 0.717) is 11.3 Å². The Morgan fingerprint density at radius 3 is 2.53 bits per heavy atom. The number of para-hydroxylation sites is 1. The van der Waals surface area contributed by atoms with Crippen LogP contribution in [0.15, 0.2) is 24.3 Å². The first kappa shape index (κ1) is 13.5. The van der Waals surface area contributed by atoms with E-state index in [-0.39, 0.29) is 6.42 Å². The van der Waals surface area contributed by atoms with Gasteiger partial charge in [0.05, 0.1) is 7.11 Å². The van der Waals surface area contributed by atoms with Gasteiger partial charge in [-0.1, -0.05) is 32.0 Å². The van der Waals surface area contributed by atoms with Crippen molar-refractivity contribution in [3.8, 4) is 5.75 Å². The van der Waals surface area contributed by atoms with Gasteiger partial charge in [0.1, 0.15) is 5.75 Å². The van der Waals surface area contributed by atoms with Crippen molar-refractivity contribution in [3.63, 3.8) is 0 Å². The Balaban J connectivity index is 3.19. The summed E-state index contributed by atoms with van der Waals surface area (Å²) in [6, 6.07) is 7.13. The lowest BCUT2D eigenvalue weighted by Crippen LogP contribution is -2.42. The Morgan fingerprint density at radius 2 is 2.06 bits per heavy atom. The largest absolute Gasteiger partial charge is 0.496 e. The fourth-order valence-corrected chi connectivity index (χ4v) is 1.92. The van der Waals surface area contributed by atoms with E-state index in [1.165, 1.54) is 7.11 Å². The number of hydrogen-bond acceptors (Lipinski definition) is 3. The molecule has 4 nitrogen and oxygen atoms in total. The molecule has 0 heterocycles. The summed E-state index contributed by atoms with van der Waals surface area (Å²) in [6.07, 6.45) is 0.140. The smallest absolute Gasteiger partial charge is 0.336 e. The molecule has 2 atom stereocenters. The van der Waals surface area contributed by atoms with Crippen molar-refractivity contribution in [1.29, 1.82) is 0 Å². The predicted molar refractivity (Wildman–Crippen MR) is 64.3 cm³/mol. The zero-order valence-electron chi connectivity index (χ0n) is 10.3. The molecule has 4 heteroatoms. The standard InChI is InChI=1S/C13H18O4/c1-4-13(16,12(14)15)9(2)10-7-5-6-8-11(10)17-3/h5-9,16H,4H2,1-3H3,(H,14,15). The van der Waals surface area contributed by atoms with Crippen LogP contribution in [-0.2, 0) is 4.79 Å². The van der Waals surface area contributed by atoms with Crippen LogP contribution in [0.25, 0.3) is 0 Å². The van der Waals surface area contributed by atoms with Gasteiger partial charge in [-0.05, 0) is 12.5 Å². The summed E-state index contributed by atoms with van der Waals surface area (Å²) in [4.78, 5) is 11.2. The Kier molecular flexibility index (Phi) is 4.12. The first-order valence-corrected chi connectivity index (χ1v) is 5.56. The third-order valence-corrected chi connectivity index (χ3v) is 3.23. The van der Waals surface area contributed by atoms with Gasteiger partial charge in [-0.25, -0.2) is 4.79 Å². The van der Waals surface area contributed by atoms with Gasteiger partial charge in [0.15, 0.2) is 5.60 Å². The highest BCUT2D eigenvalue weighted by Gasteiger charge is 2.41. The van der Waals surface area contributed by atoms with E-state index in [1.807, 2.05) is 0 Å². The molecular formula is C13H18O4. The quantitative estimate of drug-likeness (QED) is 0.823. The summed E-state index contributed by atoms with van der Waals surface area (Å²) in [5.74, 6) is -1.16. The van der Waals surface area contributed by atoms with Gasteiger partial charge in [-0.15, -0.1) is 0 Å². The number of methoxy groups -OCH3 is 1. The maximum Gasteiger partial charge on any atom is 0.336 e. The molecule has 1 aromatic rings. The lowest BCUT2D eigenvalue weighted by Gasteiger charge is -2.30. The summed E-state index contributed by atoms with van der Waals surface area (Å²) >= 11 is 0. The molecule has 2 N–H and O–H groups in total. The summed E-state index contributed by atoms with van der Waals surface area (Å²) in [6.45, 7) is 3.34. The fraction of sp³-hybridized carbons (Fsp3) is 0.462. The second-order valence-electron chi connectivity index (χ2n) is 4.05. The Bertz CT molecular complexity index is 402. The second kappa shape index (κ2) is 5.19. The number of carboxylic acids is 1. The minimum atomic E-state index is -1.77. The minimum absolute atomic E-state index is 0.140. The third-order valence-electron chi connectivity index (χ3n) is 3.23. The highest BCUT2D eigenvalue weighted by molar-refractivity contribution is 5.78. The zero-order valence-corrected chi connectivity index (χ0v) is 10.3. The second-order valence-corrected chi connectivity index (χ2v) is 4.05. The zero-order chi connectivity index (χ0) is 13.1. The number of carboxylic acid groups (broad SMARTS) is 1. The molecule has 2 unspecified atom stereocenters. The van der Waals surface area contributed by atoms with Crippen molar-refractivity contribution < 1.29 is 19.7 Å². The third kappa shape index (κ3) is 2.42. The van der Waals surface area contributed by atoms with Crippen LogP contribution in [0.1, 0.15) is 31.7 Å². The Morgan fingerprint density at radius 1 is 1.47 bits per heavy atom. The van der Waals surface area contributed by atoms with Crippen LogP contribution >= 0.6 is 0 Å². The molecule has 0 bridgehead atoms. The molecule has 1 aromatic carbocycles. The van der Waals surface area contributed by atoms with E-state index in [1.54, 1.807) is 38.1 Å². The van der Waals surface area contributed by atoms with E-state index in [2.05, 4.69) is 0 Å². The van der Waals surface area contributed by atoms with E-state index in [4.69, 9.17) is 9.84 Å². The van der Waals surface area contributed by atoms with Gasteiger partial charge >= 0.3 is 5.97 Å². The van der Waals surface area contributed by atoms with Gasteiger partial charge < -0.3 is 14.9 Å². The molecule has 0 aliphatic heterocycles. The number of carbonyl (C=O) groups is 1. The molecule has 1 rings (SSSR count). The Hall–Kier alpha value is -1.55. The number of rotatable bonds is 5. The average Bonchev–Trinajstić information content (AvgIpc) is 2.36. The molecular weight excluding hydrogens is 220 g/mol. The highest BCUT2D eigenvalue weighted by atomic mass is 16.5. The molecule has 0 aromatic heterocycles. The highest BCUT2D eigenvalue weighted by Crippen LogP contribution is 2.36. The summed E-state index contributed by atoms with van der Waals surface area (Å²) in [5, 5.41) is 19.3. The van der Waals surface area contributed by atoms with Gasteiger partial charge in [0.2, 0.25) is 0 Å². The van der Waals surface area contributed by atoms with Gasteiger partial charge in [-0.2, -0.15) is 0 Å². The molecule has 0 fully saturated rings. The van der Waals surface area contributed by atoms with Gasteiger partial charge in [-0.3, -0.25) is 0 Å². The van der Waals surface area contributed by atoms with E-state index in [9.17, 15) is 9.90 Å². The molecule has 17 heavy (non-hydrogen) atoms. The summed E-state index contributed by atoms with van der Waals surface area (Å²) < 4.78 is 5.18. The molecule has 0 amide bonds.